The number of hydrogen-bond acceptors (Lipinski definition) is 1. The minimum Gasteiger partial charge on any atom is -0.399 e. The van der Waals surface area contributed by atoms with Gasteiger partial charge in [0.2, 0.25) is 0 Å². The van der Waals surface area contributed by atoms with Crippen LogP contribution in [0.3, 0.4) is 0 Å². The molecule has 0 heterocycles. The van der Waals surface area contributed by atoms with Gasteiger partial charge >= 0.3 is 6.18 Å². The summed E-state index contributed by atoms with van der Waals surface area (Å²) in [6.45, 7) is 7.63. The second-order valence-corrected chi connectivity index (χ2v) is 3.27. The van der Waals surface area contributed by atoms with Crippen molar-refractivity contribution in [2.75, 3.05) is 5.73 Å². The predicted octanol–water partition coefficient (Wildman–Crippen LogP) is 5.07. The Morgan fingerprint density at radius 2 is 1.71 bits per heavy atom. The van der Waals surface area contributed by atoms with Crippen LogP contribution in [0.2, 0.25) is 5.02 Å². The van der Waals surface area contributed by atoms with Crippen LogP contribution in [0.25, 0.3) is 0 Å². The molecule has 0 aromatic heterocycles. The molecule has 1 aromatic rings. The molecule has 0 radical (unpaired) electrons. The highest BCUT2D eigenvalue weighted by atomic mass is 35.5. The summed E-state index contributed by atoms with van der Waals surface area (Å²) in [5, 5.41) is 0.685. The zero-order chi connectivity index (χ0) is 14.1. The van der Waals surface area contributed by atoms with E-state index in [4.69, 9.17) is 17.3 Å². The molecule has 0 aliphatic carbocycles. The molecule has 5 heteroatoms. The lowest BCUT2D eigenvalue weighted by molar-refractivity contribution is -0.0909. The first-order chi connectivity index (χ1) is 7.73. The van der Waals surface area contributed by atoms with Crippen LogP contribution in [-0.4, -0.2) is 6.18 Å². The van der Waals surface area contributed by atoms with Crippen molar-refractivity contribution < 1.29 is 13.2 Å². The highest BCUT2D eigenvalue weighted by Gasteiger charge is 2.27. The Hall–Kier alpha value is -1.16. The van der Waals surface area contributed by atoms with Crippen LogP contribution in [0.5, 0.6) is 0 Å². The van der Waals surface area contributed by atoms with E-state index in [0.29, 0.717) is 10.7 Å². The van der Waals surface area contributed by atoms with Crippen molar-refractivity contribution in [1.82, 2.24) is 0 Å². The van der Waals surface area contributed by atoms with Crippen LogP contribution >= 0.6 is 11.6 Å². The van der Waals surface area contributed by atoms with E-state index in [9.17, 15) is 13.2 Å². The average molecular weight is 268 g/mol. The summed E-state index contributed by atoms with van der Waals surface area (Å²) in [6.07, 6.45) is -4.19. The zero-order valence-electron chi connectivity index (χ0n) is 10.1. The molecule has 0 spiro atoms. The van der Waals surface area contributed by atoms with Gasteiger partial charge in [-0.25, -0.2) is 0 Å². The minimum absolute atomic E-state index is 0.685. The lowest BCUT2D eigenvalue weighted by Gasteiger charge is -2.01. The second kappa shape index (κ2) is 8.93. The molecular formula is C12H17ClF3N. The molecule has 0 atom stereocenters. The lowest BCUT2D eigenvalue weighted by Crippen LogP contribution is -2.06. The van der Waals surface area contributed by atoms with Gasteiger partial charge in [-0.1, -0.05) is 38.1 Å². The van der Waals surface area contributed by atoms with Gasteiger partial charge in [0.15, 0.2) is 0 Å². The maximum absolute atomic E-state index is 11.1. The SMILES string of the molecule is C=C(C)C(F)(F)F.CC.Nc1cccc(Cl)c1. The molecule has 0 saturated carbocycles. The molecule has 0 aliphatic heterocycles. The van der Waals surface area contributed by atoms with Crippen LogP contribution in [0.4, 0.5) is 18.9 Å². The third-order valence-corrected chi connectivity index (χ3v) is 1.57. The van der Waals surface area contributed by atoms with Gasteiger partial charge in [-0.2, -0.15) is 13.2 Å². The zero-order valence-corrected chi connectivity index (χ0v) is 10.9. The first-order valence-corrected chi connectivity index (χ1v) is 5.35. The van der Waals surface area contributed by atoms with Crippen molar-refractivity contribution >= 4 is 17.3 Å². The molecular weight excluding hydrogens is 251 g/mol. The number of halogens is 4. The van der Waals surface area contributed by atoms with Crippen molar-refractivity contribution in [2.45, 2.75) is 26.9 Å². The summed E-state index contributed by atoms with van der Waals surface area (Å²) in [5.41, 5.74) is 5.32. The number of rotatable bonds is 0. The molecule has 0 amide bonds. The van der Waals surface area contributed by atoms with Crippen molar-refractivity contribution in [3.63, 3.8) is 0 Å². The van der Waals surface area contributed by atoms with Crippen LogP contribution in [-0.2, 0) is 0 Å². The van der Waals surface area contributed by atoms with Crippen molar-refractivity contribution in [2.24, 2.45) is 0 Å². The average Bonchev–Trinajstić information content (AvgIpc) is 2.19. The van der Waals surface area contributed by atoms with E-state index >= 15 is 0 Å². The number of nitrogen functional groups attached to an aromatic ring is 1. The Labute approximate surface area is 105 Å². The predicted molar refractivity (Wildman–Crippen MR) is 68.1 cm³/mol. The molecule has 1 rings (SSSR count). The number of anilines is 1. The minimum atomic E-state index is -4.19. The maximum Gasteiger partial charge on any atom is 0.411 e. The van der Waals surface area contributed by atoms with Crippen LogP contribution in [0.15, 0.2) is 36.4 Å². The highest BCUT2D eigenvalue weighted by Crippen LogP contribution is 2.22. The third-order valence-electron chi connectivity index (χ3n) is 1.33. The molecule has 2 N–H and O–H groups in total. The van der Waals surface area contributed by atoms with Gasteiger partial charge in [0.1, 0.15) is 0 Å². The highest BCUT2D eigenvalue weighted by molar-refractivity contribution is 6.30. The summed E-state index contributed by atoms with van der Waals surface area (Å²) >= 11 is 5.56. The first kappa shape index (κ1) is 18.2. The third kappa shape index (κ3) is 11.1. The van der Waals surface area contributed by atoms with E-state index in [1.165, 1.54) is 0 Å². The Morgan fingerprint density at radius 3 is 1.88 bits per heavy atom. The smallest absolute Gasteiger partial charge is 0.399 e. The maximum atomic E-state index is 11.1. The number of nitrogens with two attached hydrogens (primary N) is 1. The number of allylic oxidation sites excluding steroid dienone is 1. The van der Waals surface area contributed by atoms with Gasteiger partial charge in [-0.15, -0.1) is 0 Å². The Morgan fingerprint density at radius 1 is 1.29 bits per heavy atom. The van der Waals surface area contributed by atoms with E-state index in [2.05, 4.69) is 6.58 Å². The molecule has 0 fully saturated rings. The van der Waals surface area contributed by atoms with E-state index in [1.54, 1.807) is 18.2 Å². The topological polar surface area (TPSA) is 26.0 Å². The van der Waals surface area contributed by atoms with Crippen molar-refractivity contribution in [3.8, 4) is 0 Å². The van der Waals surface area contributed by atoms with E-state index in [1.807, 2.05) is 19.9 Å². The Kier molecular flexibility index (Phi) is 9.57. The van der Waals surface area contributed by atoms with Crippen molar-refractivity contribution in [3.05, 3.63) is 41.4 Å². The quantitative estimate of drug-likeness (QED) is 0.515. The monoisotopic (exact) mass is 267 g/mol. The summed E-state index contributed by atoms with van der Waals surface area (Å²) in [7, 11) is 0. The molecule has 1 aromatic carbocycles. The van der Waals surface area contributed by atoms with Gasteiger partial charge in [0.05, 0.1) is 0 Å². The van der Waals surface area contributed by atoms with E-state index < -0.39 is 11.7 Å². The molecule has 0 bridgehead atoms. The summed E-state index contributed by atoms with van der Waals surface area (Å²) in [4.78, 5) is 0. The first-order valence-electron chi connectivity index (χ1n) is 4.97. The Bertz CT molecular complexity index is 318. The standard InChI is InChI=1S/C6H6ClN.C4H5F3.C2H6/c7-5-2-1-3-6(8)4-5;1-3(2)4(5,6)7;1-2/h1-4H,8H2;1H2,2H3;1-2H3. The van der Waals surface area contributed by atoms with E-state index in [0.717, 1.165) is 6.92 Å². The molecule has 17 heavy (non-hydrogen) atoms. The van der Waals surface area contributed by atoms with Gasteiger partial charge in [0, 0.05) is 16.3 Å². The molecule has 98 valence electrons. The molecule has 1 nitrogen and oxygen atoms in total. The van der Waals surface area contributed by atoms with Gasteiger partial charge in [0.25, 0.3) is 0 Å². The fraction of sp³-hybridized carbons (Fsp3) is 0.333. The van der Waals surface area contributed by atoms with Crippen LogP contribution in [0, 0.1) is 0 Å². The fourth-order valence-electron chi connectivity index (χ4n) is 0.507. The summed E-state index contributed by atoms with van der Waals surface area (Å²) < 4.78 is 33.2. The van der Waals surface area contributed by atoms with Crippen LogP contribution < -0.4 is 5.73 Å². The number of benzene rings is 1. The fourth-order valence-corrected chi connectivity index (χ4v) is 0.705. The van der Waals surface area contributed by atoms with Crippen LogP contribution in [0.1, 0.15) is 20.8 Å². The summed E-state index contributed by atoms with van der Waals surface area (Å²) in [6, 6.07) is 7.11. The Balaban J connectivity index is 0. The van der Waals surface area contributed by atoms with E-state index in [-0.39, 0.29) is 0 Å². The largest absolute Gasteiger partial charge is 0.411 e. The van der Waals surface area contributed by atoms with Gasteiger partial charge in [-0.05, 0) is 25.1 Å². The summed E-state index contributed by atoms with van der Waals surface area (Å²) in [5.74, 6) is 0. The molecule has 0 saturated heterocycles. The second-order valence-electron chi connectivity index (χ2n) is 2.83. The van der Waals surface area contributed by atoms with Crippen molar-refractivity contribution in [1.29, 1.82) is 0 Å². The lowest BCUT2D eigenvalue weighted by atomic mass is 10.3. The van der Waals surface area contributed by atoms with Gasteiger partial charge in [-0.3, -0.25) is 0 Å². The number of alkyl halides is 3. The van der Waals surface area contributed by atoms with Gasteiger partial charge < -0.3 is 5.73 Å². The number of hydrogen-bond donors (Lipinski definition) is 1. The molecule has 0 unspecified atom stereocenters. The molecule has 0 aliphatic rings. The normalized spacial score (nSPS) is 9.35.